The van der Waals surface area contributed by atoms with Crippen molar-refractivity contribution in [3.8, 4) is 0 Å². The van der Waals surface area contributed by atoms with Crippen molar-refractivity contribution >= 4 is 40.9 Å². The zero-order valence-corrected chi connectivity index (χ0v) is 17.3. The zero-order chi connectivity index (χ0) is 21.1. The summed E-state index contributed by atoms with van der Waals surface area (Å²) in [5, 5.41) is 8.58. The maximum atomic E-state index is 12.6. The summed E-state index contributed by atoms with van der Waals surface area (Å²) in [5.41, 5.74) is 2.01. The standard InChI is InChI=1S/C21H24N2O5S/c1-13(2)15-5-3-14(4-6-15)11-17-19(25)23(21(28)29-17)12-18(24)22-9-7-16(8-10-22)20(26)27/h3-6,11,13,16H,7-10,12H2,1-2H3,(H,26,27). The van der Waals surface area contributed by atoms with Crippen LogP contribution in [-0.2, 0) is 14.4 Å². The molecule has 2 aliphatic rings. The van der Waals surface area contributed by atoms with Crippen molar-refractivity contribution in [3.63, 3.8) is 0 Å². The smallest absolute Gasteiger partial charge is 0.306 e. The first kappa shape index (κ1) is 21.1. The van der Waals surface area contributed by atoms with Gasteiger partial charge in [0, 0.05) is 13.1 Å². The third-order valence-electron chi connectivity index (χ3n) is 5.26. The van der Waals surface area contributed by atoms with E-state index in [1.54, 1.807) is 6.08 Å². The fourth-order valence-electron chi connectivity index (χ4n) is 3.38. The van der Waals surface area contributed by atoms with Crippen molar-refractivity contribution in [1.82, 2.24) is 9.80 Å². The molecule has 8 heteroatoms. The Kier molecular flexibility index (Phi) is 6.42. The van der Waals surface area contributed by atoms with Crippen LogP contribution < -0.4 is 0 Å². The highest BCUT2D eigenvalue weighted by Gasteiger charge is 2.37. The minimum Gasteiger partial charge on any atom is -0.481 e. The summed E-state index contributed by atoms with van der Waals surface area (Å²) in [4.78, 5) is 51.2. The number of imide groups is 1. The fourth-order valence-corrected chi connectivity index (χ4v) is 4.21. The van der Waals surface area contributed by atoms with Crippen molar-refractivity contribution in [1.29, 1.82) is 0 Å². The summed E-state index contributed by atoms with van der Waals surface area (Å²) >= 11 is 0.830. The largest absolute Gasteiger partial charge is 0.481 e. The van der Waals surface area contributed by atoms with Gasteiger partial charge in [0.1, 0.15) is 6.54 Å². The molecule has 3 amide bonds. The number of hydrogen-bond donors (Lipinski definition) is 1. The van der Waals surface area contributed by atoms with Gasteiger partial charge in [-0.25, -0.2) is 0 Å². The number of thioether (sulfide) groups is 1. The number of likely N-dealkylation sites (tertiary alicyclic amines) is 1. The van der Waals surface area contributed by atoms with E-state index in [2.05, 4.69) is 13.8 Å². The summed E-state index contributed by atoms with van der Waals surface area (Å²) in [5.74, 6) is -1.70. The van der Waals surface area contributed by atoms with E-state index in [1.807, 2.05) is 24.3 Å². The summed E-state index contributed by atoms with van der Waals surface area (Å²) < 4.78 is 0. The van der Waals surface area contributed by atoms with E-state index < -0.39 is 23.0 Å². The van der Waals surface area contributed by atoms with Crippen molar-refractivity contribution < 1.29 is 24.3 Å². The summed E-state index contributed by atoms with van der Waals surface area (Å²) in [6.45, 7) is 4.53. The van der Waals surface area contributed by atoms with E-state index in [0.29, 0.717) is 36.8 Å². The highest BCUT2D eigenvalue weighted by molar-refractivity contribution is 8.18. The Labute approximate surface area is 173 Å². The van der Waals surface area contributed by atoms with Gasteiger partial charge in [0.2, 0.25) is 5.91 Å². The maximum Gasteiger partial charge on any atom is 0.306 e. The predicted octanol–water partition coefficient (Wildman–Crippen LogP) is 3.17. The second kappa shape index (κ2) is 8.82. The maximum absolute atomic E-state index is 12.6. The minimum absolute atomic E-state index is 0.296. The van der Waals surface area contributed by atoms with Crippen LogP contribution in [0.5, 0.6) is 0 Å². The van der Waals surface area contributed by atoms with E-state index in [0.717, 1.165) is 22.2 Å². The predicted molar refractivity (Wildman–Crippen MR) is 110 cm³/mol. The van der Waals surface area contributed by atoms with Gasteiger partial charge in [-0.2, -0.15) is 0 Å². The first-order chi connectivity index (χ1) is 13.8. The van der Waals surface area contributed by atoms with Crippen molar-refractivity contribution in [2.45, 2.75) is 32.6 Å². The number of benzene rings is 1. The number of piperidine rings is 1. The Morgan fingerprint density at radius 3 is 2.34 bits per heavy atom. The lowest BCUT2D eigenvalue weighted by molar-refractivity contribution is -0.146. The molecule has 1 aromatic rings. The molecule has 7 nitrogen and oxygen atoms in total. The molecule has 0 unspecified atom stereocenters. The van der Waals surface area contributed by atoms with Gasteiger partial charge >= 0.3 is 5.97 Å². The SMILES string of the molecule is CC(C)c1ccc(C=C2SC(=O)N(CC(=O)N3CCC(C(=O)O)CC3)C2=O)cc1. The van der Waals surface area contributed by atoms with Crippen molar-refractivity contribution in [3.05, 3.63) is 40.3 Å². The Bertz CT molecular complexity index is 854. The molecule has 2 heterocycles. The van der Waals surface area contributed by atoms with E-state index in [1.165, 1.54) is 10.5 Å². The Morgan fingerprint density at radius 2 is 1.79 bits per heavy atom. The van der Waals surface area contributed by atoms with Crippen LogP contribution in [0.4, 0.5) is 4.79 Å². The molecule has 0 aromatic heterocycles. The van der Waals surface area contributed by atoms with Gasteiger partial charge < -0.3 is 10.0 Å². The number of aliphatic carboxylic acids is 1. The van der Waals surface area contributed by atoms with Gasteiger partial charge in [0.15, 0.2) is 0 Å². The zero-order valence-electron chi connectivity index (χ0n) is 16.5. The molecular formula is C21H24N2O5S. The molecule has 1 N–H and O–H groups in total. The molecule has 0 bridgehead atoms. The molecule has 0 spiro atoms. The number of carbonyl (C=O) groups is 4. The Balaban J connectivity index is 1.63. The molecule has 1 aromatic carbocycles. The number of hydrogen-bond acceptors (Lipinski definition) is 5. The van der Waals surface area contributed by atoms with Gasteiger partial charge in [-0.15, -0.1) is 0 Å². The lowest BCUT2D eigenvalue weighted by atomic mass is 9.97. The lowest BCUT2D eigenvalue weighted by Crippen LogP contribution is -2.46. The molecule has 3 rings (SSSR count). The monoisotopic (exact) mass is 416 g/mol. The van der Waals surface area contributed by atoms with Crippen LogP contribution in [0.2, 0.25) is 0 Å². The van der Waals surface area contributed by atoms with E-state index >= 15 is 0 Å². The van der Waals surface area contributed by atoms with Crippen LogP contribution in [-0.4, -0.2) is 57.6 Å². The number of carboxylic acid groups (broad SMARTS) is 1. The van der Waals surface area contributed by atoms with Gasteiger partial charge in [-0.1, -0.05) is 38.1 Å². The number of rotatable bonds is 5. The third kappa shape index (κ3) is 4.87. The molecule has 0 radical (unpaired) electrons. The number of amides is 3. The molecule has 2 fully saturated rings. The Morgan fingerprint density at radius 1 is 1.17 bits per heavy atom. The quantitative estimate of drug-likeness (QED) is 0.741. The molecular weight excluding hydrogens is 392 g/mol. The molecule has 29 heavy (non-hydrogen) atoms. The molecule has 2 aliphatic heterocycles. The normalized spacial score (nSPS) is 19.5. The van der Waals surface area contributed by atoms with Crippen LogP contribution in [0.3, 0.4) is 0 Å². The first-order valence-electron chi connectivity index (χ1n) is 9.62. The third-order valence-corrected chi connectivity index (χ3v) is 6.17. The molecule has 0 aliphatic carbocycles. The van der Waals surface area contributed by atoms with Gasteiger partial charge in [0.05, 0.1) is 10.8 Å². The Hall–Kier alpha value is -2.61. The summed E-state index contributed by atoms with van der Waals surface area (Å²) in [6.07, 6.45) is 2.43. The van der Waals surface area contributed by atoms with Gasteiger partial charge in [0.25, 0.3) is 11.1 Å². The van der Waals surface area contributed by atoms with E-state index in [-0.39, 0.29) is 12.5 Å². The van der Waals surface area contributed by atoms with Crippen molar-refractivity contribution in [2.75, 3.05) is 19.6 Å². The van der Waals surface area contributed by atoms with Crippen LogP contribution in [0.25, 0.3) is 6.08 Å². The van der Waals surface area contributed by atoms with Gasteiger partial charge in [-0.3, -0.25) is 24.1 Å². The first-order valence-corrected chi connectivity index (χ1v) is 10.4. The molecule has 0 atom stereocenters. The molecule has 2 saturated heterocycles. The highest BCUT2D eigenvalue weighted by Crippen LogP contribution is 2.32. The number of carboxylic acids is 1. The number of nitrogens with zero attached hydrogens (tertiary/aromatic N) is 2. The second-order valence-corrected chi connectivity index (χ2v) is 8.58. The highest BCUT2D eigenvalue weighted by atomic mass is 32.2. The second-order valence-electron chi connectivity index (χ2n) is 7.58. The molecule has 0 saturated carbocycles. The van der Waals surface area contributed by atoms with Crippen LogP contribution in [0, 0.1) is 5.92 Å². The van der Waals surface area contributed by atoms with E-state index in [9.17, 15) is 19.2 Å². The summed E-state index contributed by atoms with van der Waals surface area (Å²) in [6, 6.07) is 7.79. The summed E-state index contributed by atoms with van der Waals surface area (Å²) in [7, 11) is 0. The topological polar surface area (TPSA) is 95.0 Å². The van der Waals surface area contributed by atoms with Crippen LogP contribution >= 0.6 is 11.8 Å². The average Bonchev–Trinajstić information content (AvgIpc) is 2.95. The molecule has 154 valence electrons. The van der Waals surface area contributed by atoms with Crippen LogP contribution in [0.1, 0.15) is 43.7 Å². The van der Waals surface area contributed by atoms with Crippen molar-refractivity contribution in [2.24, 2.45) is 5.92 Å². The van der Waals surface area contributed by atoms with E-state index in [4.69, 9.17) is 5.11 Å². The average molecular weight is 416 g/mol. The number of carbonyl (C=O) groups excluding carboxylic acids is 3. The van der Waals surface area contributed by atoms with Crippen LogP contribution in [0.15, 0.2) is 29.2 Å². The minimum atomic E-state index is -0.852. The van der Waals surface area contributed by atoms with Gasteiger partial charge in [-0.05, 0) is 47.7 Å². The lowest BCUT2D eigenvalue weighted by Gasteiger charge is -2.30. The fraction of sp³-hybridized carbons (Fsp3) is 0.429.